The molecule has 2 aromatic rings. The first-order valence-electron chi connectivity index (χ1n) is 6.91. The van der Waals surface area contributed by atoms with E-state index in [-0.39, 0.29) is 22.8 Å². The van der Waals surface area contributed by atoms with Crippen LogP contribution in [0.15, 0.2) is 48.5 Å². The summed E-state index contributed by atoms with van der Waals surface area (Å²) >= 11 is 5.71. The molecule has 0 bridgehead atoms. The Bertz CT molecular complexity index is 706. The highest BCUT2D eigenvalue weighted by Gasteiger charge is 2.21. The minimum atomic E-state index is -0.785. The van der Waals surface area contributed by atoms with Crippen molar-refractivity contribution in [3.05, 3.63) is 74.8 Å². The van der Waals surface area contributed by atoms with E-state index in [2.05, 4.69) is 5.32 Å². The highest BCUT2D eigenvalue weighted by atomic mass is 35.5. The van der Waals surface area contributed by atoms with E-state index in [1.807, 2.05) is 30.3 Å². The molecule has 0 saturated carbocycles. The number of benzene rings is 2. The third kappa shape index (κ3) is 4.77. The van der Waals surface area contributed by atoms with Gasteiger partial charge in [-0.1, -0.05) is 41.9 Å². The van der Waals surface area contributed by atoms with Crippen molar-refractivity contribution >= 4 is 23.2 Å². The summed E-state index contributed by atoms with van der Waals surface area (Å²) in [4.78, 5) is 22.4. The number of amides is 1. The predicted molar refractivity (Wildman–Crippen MR) is 86.6 cm³/mol. The molecule has 0 heterocycles. The fourth-order valence-electron chi connectivity index (χ4n) is 2.11. The molecule has 2 N–H and O–H groups in total. The van der Waals surface area contributed by atoms with Crippen LogP contribution in [0, 0.1) is 10.1 Å². The Balaban J connectivity index is 1.98. The van der Waals surface area contributed by atoms with Crippen molar-refractivity contribution in [1.82, 2.24) is 5.32 Å². The molecular weight excluding hydrogens is 320 g/mol. The summed E-state index contributed by atoms with van der Waals surface area (Å²) in [5, 5.41) is 23.6. The minimum absolute atomic E-state index is 0.00644. The largest absolute Gasteiger partial charge is 0.391 e. The highest BCUT2D eigenvalue weighted by molar-refractivity contribution is 6.31. The van der Waals surface area contributed by atoms with Gasteiger partial charge in [0.1, 0.15) is 5.56 Å². The van der Waals surface area contributed by atoms with Crippen LogP contribution in [0.25, 0.3) is 0 Å². The Morgan fingerprint density at radius 3 is 2.61 bits per heavy atom. The number of nitrogens with zero attached hydrogens (tertiary/aromatic N) is 1. The highest BCUT2D eigenvalue weighted by Crippen LogP contribution is 2.23. The summed E-state index contributed by atoms with van der Waals surface area (Å²) in [6, 6.07) is 13.1. The molecule has 0 aliphatic heterocycles. The molecule has 0 radical (unpaired) electrons. The monoisotopic (exact) mass is 334 g/mol. The maximum atomic E-state index is 12.1. The number of halogens is 1. The lowest BCUT2D eigenvalue weighted by Gasteiger charge is -2.12. The second kappa shape index (κ2) is 7.71. The van der Waals surface area contributed by atoms with Gasteiger partial charge in [-0.25, -0.2) is 0 Å². The second-order valence-electron chi connectivity index (χ2n) is 4.97. The van der Waals surface area contributed by atoms with E-state index in [1.54, 1.807) is 0 Å². The van der Waals surface area contributed by atoms with Gasteiger partial charge in [-0.05, 0) is 17.7 Å². The minimum Gasteiger partial charge on any atom is -0.391 e. The first-order valence-corrected chi connectivity index (χ1v) is 7.29. The Labute approximate surface area is 137 Å². The Morgan fingerprint density at radius 1 is 1.26 bits per heavy atom. The lowest BCUT2D eigenvalue weighted by atomic mass is 10.1. The summed E-state index contributed by atoms with van der Waals surface area (Å²) in [6.45, 7) is -0.00644. The number of aliphatic hydroxyl groups is 1. The lowest BCUT2D eigenvalue weighted by Crippen LogP contribution is -2.33. The Morgan fingerprint density at radius 2 is 1.96 bits per heavy atom. The molecule has 1 unspecified atom stereocenters. The molecular formula is C16H15ClN2O4. The lowest BCUT2D eigenvalue weighted by molar-refractivity contribution is -0.385. The number of hydrogen-bond donors (Lipinski definition) is 2. The van der Waals surface area contributed by atoms with Crippen molar-refractivity contribution in [1.29, 1.82) is 0 Å². The Hall–Kier alpha value is -2.44. The van der Waals surface area contributed by atoms with Gasteiger partial charge in [0, 0.05) is 24.1 Å². The number of nitro groups is 1. The van der Waals surface area contributed by atoms with Gasteiger partial charge in [-0.15, -0.1) is 0 Å². The van der Waals surface area contributed by atoms with E-state index in [1.165, 1.54) is 12.1 Å². The van der Waals surface area contributed by atoms with E-state index in [0.29, 0.717) is 6.42 Å². The van der Waals surface area contributed by atoms with Crippen molar-refractivity contribution in [2.75, 3.05) is 6.54 Å². The van der Waals surface area contributed by atoms with Crippen molar-refractivity contribution in [3.8, 4) is 0 Å². The molecule has 1 amide bonds. The van der Waals surface area contributed by atoms with Gasteiger partial charge in [0.25, 0.3) is 11.6 Å². The van der Waals surface area contributed by atoms with Crippen molar-refractivity contribution < 1.29 is 14.8 Å². The van der Waals surface area contributed by atoms with Crippen LogP contribution < -0.4 is 5.32 Å². The van der Waals surface area contributed by atoms with E-state index < -0.39 is 16.9 Å². The molecule has 0 aromatic heterocycles. The first-order chi connectivity index (χ1) is 11.0. The van der Waals surface area contributed by atoms with E-state index in [0.717, 1.165) is 11.6 Å². The van der Waals surface area contributed by atoms with Crippen LogP contribution in [-0.4, -0.2) is 28.6 Å². The zero-order chi connectivity index (χ0) is 16.8. The standard InChI is InChI=1S/C16H15ClN2O4/c17-12-6-7-14(15(9-12)19(22)23)16(21)18-10-13(20)8-11-4-2-1-3-5-11/h1-7,9,13,20H,8,10H2,(H,18,21). The van der Waals surface area contributed by atoms with Crippen LogP contribution in [0.2, 0.25) is 5.02 Å². The van der Waals surface area contributed by atoms with E-state index >= 15 is 0 Å². The zero-order valence-electron chi connectivity index (χ0n) is 12.1. The molecule has 23 heavy (non-hydrogen) atoms. The number of hydrogen-bond acceptors (Lipinski definition) is 4. The van der Waals surface area contributed by atoms with Crippen LogP contribution in [0.4, 0.5) is 5.69 Å². The van der Waals surface area contributed by atoms with Gasteiger partial charge >= 0.3 is 0 Å². The molecule has 7 heteroatoms. The zero-order valence-corrected chi connectivity index (χ0v) is 12.9. The van der Waals surface area contributed by atoms with Crippen LogP contribution in [0.5, 0.6) is 0 Å². The van der Waals surface area contributed by atoms with Gasteiger partial charge in [-0.2, -0.15) is 0 Å². The van der Waals surface area contributed by atoms with E-state index in [9.17, 15) is 20.0 Å². The van der Waals surface area contributed by atoms with Crippen LogP contribution in [0.1, 0.15) is 15.9 Å². The van der Waals surface area contributed by atoms with Gasteiger partial charge in [-0.3, -0.25) is 14.9 Å². The van der Waals surface area contributed by atoms with Crippen LogP contribution in [-0.2, 0) is 6.42 Å². The van der Waals surface area contributed by atoms with Crippen LogP contribution in [0.3, 0.4) is 0 Å². The molecule has 6 nitrogen and oxygen atoms in total. The van der Waals surface area contributed by atoms with Gasteiger partial charge in [0.15, 0.2) is 0 Å². The molecule has 0 aliphatic rings. The van der Waals surface area contributed by atoms with Crippen molar-refractivity contribution in [2.24, 2.45) is 0 Å². The van der Waals surface area contributed by atoms with Crippen molar-refractivity contribution in [3.63, 3.8) is 0 Å². The maximum Gasteiger partial charge on any atom is 0.283 e. The second-order valence-corrected chi connectivity index (χ2v) is 5.41. The average Bonchev–Trinajstić information content (AvgIpc) is 2.53. The van der Waals surface area contributed by atoms with Gasteiger partial charge in [0.05, 0.1) is 11.0 Å². The smallest absolute Gasteiger partial charge is 0.283 e. The van der Waals surface area contributed by atoms with E-state index in [4.69, 9.17) is 11.6 Å². The molecule has 0 aliphatic carbocycles. The summed E-state index contributed by atoms with van der Waals surface area (Å²) < 4.78 is 0. The third-order valence-electron chi connectivity index (χ3n) is 3.21. The topological polar surface area (TPSA) is 92.5 Å². The summed E-state index contributed by atoms with van der Waals surface area (Å²) in [6.07, 6.45) is -0.406. The average molecular weight is 335 g/mol. The molecule has 120 valence electrons. The molecule has 2 rings (SSSR count). The third-order valence-corrected chi connectivity index (χ3v) is 3.45. The molecule has 0 saturated heterocycles. The van der Waals surface area contributed by atoms with Gasteiger partial charge in [0.2, 0.25) is 0 Å². The number of nitrogens with one attached hydrogen (secondary N) is 1. The summed E-state index contributed by atoms with van der Waals surface area (Å²) in [5.74, 6) is -0.625. The number of carbonyl (C=O) groups excluding carboxylic acids is 1. The predicted octanol–water partition coefficient (Wildman–Crippen LogP) is 2.58. The van der Waals surface area contributed by atoms with Crippen LogP contribution >= 0.6 is 11.6 Å². The number of aliphatic hydroxyl groups excluding tert-OH is 1. The molecule has 0 spiro atoms. The number of nitro benzene ring substituents is 1. The quantitative estimate of drug-likeness (QED) is 0.627. The van der Waals surface area contributed by atoms with Crippen molar-refractivity contribution in [2.45, 2.75) is 12.5 Å². The molecule has 0 fully saturated rings. The fraction of sp³-hybridized carbons (Fsp3) is 0.188. The normalized spacial score (nSPS) is 11.7. The molecule has 2 aromatic carbocycles. The number of rotatable bonds is 6. The van der Waals surface area contributed by atoms with Gasteiger partial charge < -0.3 is 10.4 Å². The number of carbonyl (C=O) groups is 1. The fourth-order valence-corrected chi connectivity index (χ4v) is 2.28. The SMILES string of the molecule is O=C(NCC(O)Cc1ccccc1)c1ccc(Cl)cc1[N+](=O)[O-]. The summed E-state index contributed by atoms with van der Waals surface area (Å²) in [5.41, 5.74) is 0.477. The summed E-state index contributed by atoms with van der Waals surface area (Å²) in [7, 11) is 0. The maximum absolute atomic E-state index is 12.1. The Kier molecular flexibility index (Phi) is 5.67. The first kappa shape index (κ1) is 16.9. The molecule has 1 atom stereocenters.